The van der Waals surface area contributed by atoms with Crippen molar-refractivity contribution in [3.63, 3.8) is 0 Å². The van der Waals surface area contributed by atoms with Gasteiger partial charge in [0, 0.05) is 10.0 Å². The largest absolute Gasteiger partial charge is 0.496 e. The van der Waals surface area contributed by atoms with Crippen LogP contribution in [-0.2, 0) is 10.3 Å². The van der Waals surface area contributed by atoms with Crippen LogP contribution in [0.4, 0.5) is 0 Å². The van der Waals surface area contributed by atoms with Gasteiger partial charge in [0.25, 0.3) is 0 Å². The average Bonchev–Trinajstić information content (AvgIpc) is 2.98. The Kier molecular flexibility index (Phi) is 3.11. The van der Waals surface area contributed by atoms with Gasteiger partial charge < -0.3 is 4.74 Å². The first-order valence-electron chi connectivity index (χ1n) is 5.49. The first-order chi connectivity index (χ1) is 8.05. The minimum Gasteiger partial charge on any atom is -0.496 e. The fraction of sp³-hybridized carbons (Fsp3) is 0.462. The quantitative estimate of drug-likeness (QED) is 0.633. The Morgan fingerprint density at radius 1 is 1.47 bits per heavy atom. The summed E-state index contributed by atoms with van der Waals surface area (Å²) in [7, 11) is 1.66. The van der Waals surface area contributed by atoms with Crippen LogP contribution in [0.1, 0.15) is 29.5 Å². The highest BCUT2D eigenvalue weighted by atomic mass is 79.9. The van der Waals surface area contributed by atoms with E-state index in [1.807, 2.05) is 19.9 Å². The van der Waals surface area contributed by atoms with Crippen LogP contribution < -0.4 is 4.74 Å². The van der Waals surface area contributed by atoms with E-state index in [1.54, 1.807) is 13.2 Å². The number of aryl methyl sites for hydroxylation is 1. The number of carbonyl (C=O) groups excluding carboxylic acids is 1. The van der Waals surface area contributed by atoms with Crippen molar-refractivity contribution in [3.05, 3.63) is 27.2 Å². The maximum absolute atomic E-state index is 10.5. The number of hydrogen-bond acceptors (Lipinski definition) is 3. The second-order valence-corrected chi connectivity index (χ2v) is 5.30. The number of aliphatic imine (C=N–C) groups is 1. The third kappa shape index (κ3) is 1.92. The van der Waals surface area contributed by atoms with E-state index in [1.165, 1.54) is 0 Å². The summed E-state index contributed by atoms with van der Waals surface area (Å²) >= 11 is 3.56. The van der Waals surface area contributed by atoms with Gasteiger partial charge in [0.2, 0.25) is 6.08 Å². The lowest BCUT2D eigenvalue weighted by atomic mass is 9.96. The zero-order valence-corrected chi connectivity index (χ0v) is 11.7. The number of rotatable bonds is 3. The van der Waals surface area contributed by atoms with Gasteiger partial charge in [-0.3, -0.25) is 0 Å². The lowest BCUT2D eigenvalue weighted by molar-refractivity contribution is 0.407. The fourth-order valence-corrected chi connectivity index (χ4v) is 3.43. The van der Waals surface area contributed by atoms with Crippen molar-refractivity contribution in [1.82, 2.24) is 0 Å². The van der Waals surface area contributed by atoms with Crippen LogP contribution in [0.2, 0.25) is 0 Å². The molecule has 2 rings (SSSR count). The molecule has 0 spiro atoms. The van der Waals surface area contributed by atoms with Gasteiger partial charge in [-0.25, -0.2) is 4.79 Å². The van der Waals surface area contributed by atoms with Gasteiger partial charge in [-0.15, -0.1) is 0 Å². The molecule has 0 heterocycles. The van der Waals surface area contributed by atoms with Crippen molar-refractivity contribution in [1.29, 1.82) is 0 Å². The van der Waals surface area contributed by atoms with Gasteiger partial charge in [0.1, 0.15) is 5.75 Å². The molecule has 17 heavy (non-hydrogen) atoms. The van der Waals surface area contributed by atoms with E-state index < -0.39 is 0 Å². The summed E-state index contributed by atoms with van der Waals surface area (Å²) in [5.41, 5.74) is 2.82. The number of ether oxygens (including phenoxy) is 1. The maximum Gasteiger partial charge on any atom is 0.235 e. The minimum absolute atomic E-state index is 0.369. The molecule has 1 aliphatic carbocycles. The summed E-state index contributed by atoms with van der Waals surface area (Å²) in [5.74, 6) is 0.871. The van der Waals surface area contributed by atoms with Crippen LogP contribution in [0.15, 0.2) is 15.5 Å². The molecule has 1 saturated carbocycles. The summed E-state index contributed by atoms with van der Waals surface area (Å²) in [6.45, 7) is 4.01. The zero-order valence-electron chi connectivity index (χ0n) is 10.1. The Balaban J connectivity index is 2.66. The van der Waals surface area contributed by atoms with Crippen LogP contribution in [0.3, 0.4) is 0 Å². The summed E-state index contributed by atoms with van der Waals surface area (Å²) < 4.78 is 6.40. The summed E-state index contributed by atoms with van der Waals surface area (Å²) in [5, 5.41) is 0. The summed E-state index contributed by atoms with van der Waals surface area (Å²) in [4.78, 5) is 14.5. The molecule has 3 nitrogen and oxygen atoms in total. The van der Waals surface area contributed by atoms with E-state index in [2.05, 4.69) is 20.9 Å². The highest BCUT2D eigenvalue weighted by Gasteiger charge is 2.47. The van der Waals surface area contributed by atoms with Crippen molar-refractivity contribution in [2.75, 3.05) is 7.11 Å². The standard InChI is InChI=1S/C13H14BrNO2/c1-8-6-10(14)11(9(2)12(8)17-3)13(4-5-13)15-7-16/h6H,4-5H2,1-3H3. The van der Waals surface area contributed by atoms with Crippen molar-refractivity contribution in [2.24, 2.45) is 4.99 Å². The summed E-state index contributed by atoms with van der Waals surface area (Å²) in [6.07, 6.45) is 3.48. The van der Waals surface area contributed by atoms with Crippen LogP contribution in [-0.4, -0.2) is 13.2 Å². The number of hydrogen-bond donors (Lipinski definition) is 0. The van der Waals surface area contributed by atoms with Crippen LogP contribution >= 0.6 is 15.9 Å². The van der Waals surface area contributed by atoms with E-state index in [9.17, 15) is 4.79 Å². The molecule has 4 heteroatoms. The Hall–Kier alpha value is -1.12. The number of methoxy groups -OCH3 is 1. The van der Waals surface area contributed by atoms with Gasteiger partial charge in [-0.05, 0) is 43.9 Å². The molecule has 1 aliphatic rings. The number of halogens is 1. The third-order valence-electron chi connectivity index (χ3n) is 3.31. The van der Waals surface area contributed by atoms with Gasteiger partial charge in [0.05, 0.1) is 12.6 Å². The molecule has 0 radical (unpaired) electrons. The SMILES string of the molecule is COc1c(C)cc(Br)c(C2(N=C=O)CC2)c1C. The van der Waals surface area contributed by atoms with E-state index in [0.29, 0.717) is 0 Å². The Morgan fingerprint density at radius 2 is 2.12 bits per heavy atom. The molecule has 0 atom stereocenters. The second-order valence-electron chi connectivity index (χ2n) is 4.44. The minimum atomic E-state index is -0.369. The molecule has 0 unspecified atom stereocenters. The molecule has 0 bridgehead atoms. The van der Waals surface area contributed by atoms with E-state index in [0.717, 1.165) is 39.8 Å². The lowest BCUT2D eigenvalue weighted by Gasteiger charge is -2.19. The zero-order chi connectivity index (χ0) is 12.6. The lowest BCUT2D eigenvalue weighted by Crippen LogP contribution is -2.08. The predicted octanol–water partition coefficient (Wildman–Crippen LogP) is 3.40. The predicted molar refractivity (Wildman–Crippen MR) is 69.2 cm³/mol. The summed E-state index contributed by atoms with van der Waals surface area (Å²) in [6, 6.07) is 2.02. The molecule has 0 aliphatic heterocycles. The smallest absolute Gasteiger partial charge is 0.235 e. The molecule has 0 N–H and O–H groups in total. The topological polar surface area (TPSA) is 38.7 Å². The fourth-order valence-electron chi connectivity index (χ4n) is 2.43. The monoisotopic (exact) mass is 295 g/mol. The van der Waals surface area contributed by atoms with Crippen molar-refractivity contribution in [2.45, 2.75) is 32.2 Å². The van der Waals surface area contributed by atoms with Crippen LogP contribution in [0, 0.1) is 13.8 Å². The van der Waals surface area contributed by atoms with Crippen molar-refractivity contribution >= 4 is 22.0 Å². The normalized spacial score (nSPS) is 16.2. The number of isocyanates is 1. The Bertz CT molecular complexity index is 515. The van der Waals surface area contributed by atoms with Crippen molar-refractivity contribution < 1.29 is 9.53 Å². The Labute approximate surface area is 109 Å². The van der Waals surface area contributed by atoms with E-state index >= 15 is 0 Å². The second kappa shape index (κ2) is 4.28. The third-order valence-corrected chi connectivity index (χ3v) is 3.93. The molecule has 0 aromatic heterocycles. The van der Waals surface area contributed by atoms with Gasteiger partial charge in [-0.2, -0.15) is 4.99 Å². The van der Waals surface area contributed by atoms with E-state index in [4.69, 9.17) is 4.74 Å². The number of nitrogens with zero attached hydrogens (tertiary/aromatic N) is 1. The van der Waals surface area contributed by atoms with Crippen LogP contribution in [0.25, 0.3) is 0 Å². The molecule has 0 amide bonds. The Morgan fingerprint density at radius 3 is 2.59 bits per heavy atom. The highest BCUT2D eigenvalue weighted by molar-refractivity contribution is 9.10. The molecular weight excluding hydrogens is 282 g/mol. The maximum atomic E-state index is 10.5. The van der Waals surface area contributed by atoms with E-state index in [-0.39, 0.29) is 5.54 Å². The molecule has 1 fully saturated rings. The molecule has 90 valence electrons. The first kappa shape index (κ1) is 12.3. The highest BCUT2D eigenvalue weighted by Crippen LogP contribution is 2.54. The van der Waals surface area contributed by atoms with Gasteiger partial charge >= 0.3 is 0 Å². The average molecular weight is 296 g/mol. The van der Waals surface area contributed by atoms with Gasteiger partial charge in [0.15, 0.2) is 0 Å². The van der Waals surface area contributed by atoms with Crippen molar-refractivity contribution in [3.8, 4) is 5.75 Å². The molecule has 1 aromatic carbocycles. The van der Waals surface area contributed by atoms with Crippen LogP contribution in [0.5, 0.6) is 5.75 Å². The first-order valence-corrected chi connectivity index (χ1v) is 6.28. The molecule has 1 aromatic rings. The van der Waals surface area contributed by atoms with Gasteiger partial charge in [-0.1, -0.05) is 15.9 Å². The number of benzene rings is 1. The molecular formula is C13H14BrNO2. The molecule has 0 saturated heterocycles.